The lowest BCUT2D eigenvalue weighted by molar-refractivity contribution is 1.64. The van der Waals surface area contributed by atoms with Crippen molar-refractivity contribution in [3.05, 3.63) is 182 Å². The van der Waals surface area contributed by atoms with Crippen LogP contribution in [0.1, 0.15) is 0 Å². The van der Waals surface area contributed by atoms with E-state index in [4.69, 9.17) is 0 Å². The quantitative estimate of drug-likeness (QED) is 0.158. The van der Waals surface area contributed by atoms with Gasteiger partial charge >= 0.3 is 0 Å². The van der Waals surface area contributed by atoms with Gasteiger partial charge in [0.2, 0.25) is 0 Å². The smallest absolute Gasteiger partial charge is 0.0349 e. The summed E-state index contributed by atoms with van der Waals surface area (Å²) in [5, 5.41) is 5.05. The molecule has 48 heavy (non-hydrogen) atoms. The molecule has 0 aliphatic carbocycles. The van der Waals surface area contributed by atoms with E-state index in [1.54, 1.807) is 0 Å². The largest absolute Gasteiger partial charge is 0.135 e. The third kappa shape index (κ3) is 5.36. The fourth-order valence-corrected chi connectivity index (χ4v) is 8.75. The van der Waals surface area contributed by atoms with Crippen molar-refractivity contribution in [3.63, 3.8) is 0 Å². The first-order valence-corrected chi connectivity index (χ1v) is 17.9. The average molecular weight is 647 g/mol. The summed E-state index contributed by atoms with van der Waals surface area (Å²) in [5.74, 6) is 0. The number of benzene rings is 7. The minimum absolute atomic E-state index is 1.23. The van der Waals surface area contributed by atoms with Crippen molar-refractivity contribution in [2.75, 3.05) is 0 Å². The lowest BCUT2D eigenvalue weighted by Crippen LogP contribution is -1.86. The van der Waals surface area contributed by atoms with Gasteiger partial charge in [0.05, 0.1) is 0 Å². The van der Waals surface area contributed by atoms with Gasteiger partial charge in [-0.1, -0.05) is 133 Å². The highest BCUT2D eigenvalue weighted by atomic mass is 32.1. The van der Waals surface area contributed by atoms with Crippen LogP contribution in [0.5, 0.6) is 0 Å². The molecule has 0 saturated carbocycles. The second-order valence-corrected chi connectivity index (χ2v) is 14.3. The number of fused-ring (bicyclic) bond motifs is 2. The Morgan fingerprint density at radius 2 is 0.625 bits per heavy atom. The van der Waals surface area contributed by atoms with Crippen molar-refractivity contribution in [1.82, 2.24) is 0 Å². The standard InChI is InChI=1S/C46H30S2/c1-3-11-31(12-4-1)43-23-25-45(47-43)37-19-7-15-33(28-37)39-21-9-17-35-27-36-18-10-22-40(42(36)30-41(35)39)34-16-8-20-38(29-34)46-26-24-44(48-46)32-13-5-2-6-14-32/h1-30H. The number of hydrogen-bond acceptors (Lipinski definition) is 2. The van der Waals surface area contributed by atoms with Crippen LogP contribution < -0.4 is 0 Å². The minimum Gasteiger partial charge on any atom is -0.135 e. The molecule has 7 aromatic carbocycles. The van der Waals surface area contributed by atoms with Crippen molar-refractivity contribution >= 4 is 44.2 Å². The second-order valence-electron chi connectivity index (χ2n) is 12.1. The van der Waals surface area contributed by atoms with E-state index in [2.05, 4.69) is 182 Å². The van der Waals surface area contributed by atoms with Crippen molar-refractivity contribution in [2.45, 2.75) is 0 Å². The Balaban J connectivity index is 1.11. The third-order valence-electron chi connectivity index (χ3n) is 9.12. The fourth-order valence-electron chi connectivity index (χ4n) is 6.74. The van der Waals surface area contributed by atoms with Gasteiger partial charge in [-0.05, 0) is 115 Å². The molecule has 9 rings (SSSR count). The maximum absolute atomic E-state index is 2.41. The summed E-state index contributed by atoms with van der Waals surface area (Å²) in [7, 11) is 0. The van der Waals surface area contributed by atoms with E-state index in [9.17, 15) is 0 Å². The molecule has 0 bridgehead atoms. The van der Waals surface area contributed by atoms with Crippen LogP contribution >= 0.6 is 22.7 Å². The molecule has 2 aromatic heterocycles. The molecule has 0 atom stereocenters. The zero-order valence-electron chi connectivity index (χ0n) is 26.1. The predicted octanol–water partition coefficient (Wildman–Crippen LogP) is 14.1. The van der Waals surface area contributed by atoms with Crippen LogP contribution in [-0.4, -0.2) is 0 Å². The molecule has 226 valence electrons. The van der Waals surface area contributed by atoms with Crippen LogP contribution in [0.15, 0.2) is 182 Å². The first-order chi connectivity index (χ1) is 23.8. The summed E-state index contributed by atoms with van der Waals surface area (Å²) in [5.41, 5.74) is 10.0. The Hall–Kier alpha value is -5.54. The van der Waals surface area contributed by atoms with E-state index >= 15 is 0 Å². The lowest BCUT2D eigenvalue weighted by Gasteiger charge is -2.13. The third-order valence-corrected chi connectivity index (χ3v) is 11.5. The molecule has 0 aliphatic heterocycles. The topological polar surface area (TPSA) is 0 Å². The second kappa shape index (κ2) is 12.2. The monoisotopic (exact) mass is 646 g/mol. The first kappa shape index (κ1) is 28.7. The Morgan fingerprint density at radius 3 is 1.08 bits per heavy atom. The van der Waals surface area contributed by atoms with Crippen molar-refractivity contribution < 1.29 is 0 Å². The lowest BCUT2D eigenvalue weighted by atomic mass is 9.91. The number of hydrogen-bond donors (Lipinski definition) is 0. The van der Waals surface area contributed by atoms with Gasteiger partial charge < -0.3 is 0 Å². The molecule has 0 saturated heterocycles. The van der Waals surface area contributed by atoms with Gasteiger partial charge in [0.15, 0.2) is 0 Å². The molecule has 2 heteroatoms. The van der Waals surface area contributed by atoms with Gasteiger partial charge in [-0.25, -0.2) is 0 Å². The van der Waals surface area contributed by atoms with E-state index in [-0.39, 0.29) is 0 Å². The molecular formula is C46H30S2. The summed E-state index contributed by atoms with van der Waals surface area (Å²) >= 11 is 3.70. The molecule has 0 fully saturated rings. The average Bonchev–Trinajstić information content (AvgIpc) is 3.86. The van der Waals surface area contributed by atoms with Crippen LogP contribution in [0, 0.1) is 0 Å². The van der Waals surface area contributed by atoms with Gasteiger partial charge in [0.25, 0.3) is 0 Å². The predicted molar refractivity (Wildman–Crippen MR) is 210 cm³/mol. The molecule has 2 heterocycles. The Kier molecular flexibility index (Phi) is 7.31. The van der Waals surface area contributed by atoms with Crippen molar-refractivity contribution in [1.29, 1.82) is 0 Å². The van der Waals surface area contributed by atoms with E-state index in [0.29, 0.717) is 0 Å². The molecule has 0 nitrogen and oxygen atoms in total. The van der Waals surface area contributed by atoms with Gasteiger partial charge in [0, 0.05) is 19.5 Å². The van der Waals surface area contributed by atoms with Crippen LogP contribution in [0.2, 0.25) is 0 Å². The summed E-state index contributed by atoms with van der Waals surface area (Å²) in [6.45, 7) is 0. The van der Waals surface area contributed by atoms with Crippen LogP contribution in [0.4, 0.5) is 0 Å². The van der Waals surface area contributed by atoms with Crippen molar-refractivity contribution in [2.24, 2.45) is 0 Å². The molecule has 0 amide bonds. The maximum atomic E-state index is 2.41. The zero-order valence-corrected chi connectivity index (χ0v) is 27.8. The summed E-state index contributed by atoms with van der Waals surface area (Å²) in [4.78, 5) is 5.15. The molecule has 0 aliphatic rings. The Bertz CT molecular complexity index is 2380. The van der Waals surface area contributed by atoms with Gasteiger partial charge in [-0.3, -0.25) is 0 Å². The highest BCUT2D eigenvalue weighted by Crippen LogP contribution is 2.41. The summed E-state index contributed by atoms with van der Waals surface area (Å²) in [6, 6.07) is 66.4. The highest BCUT2D eigenvalue weighted by molar-refractivity contribution is 7.19. The minimum atomic E-state index is 1.23. The van der Waals surface area contributed by atoms with Crippen LogP contribution in [0.25, 0.3) is 85.6 Å². The fraction of sp³-hybridized carbons (Fsp3) is 0. The van der Waals surface area contributed by atoms with Crippen LogP contribution in [0.3, 0.4) is 0 Å². The Labute approximate surface area is 288 Å². The molecule has 0 radical (unpaired) electrons. The molecule has 0 unspecified atom stereocenters. The Morgan fingerprint density at radius 1 is 0.250 bits per heavy atom. The first-order valence-electron chi connectivity index (χ1n) is 16.2. The number of rotatable bonds is 6. The molecule has 0 spiro atoms. The molecular weight excluding hydrogens is 617 g/mol. The SMILES string of the molecule is c1ccc(-c2ccc(-c3cccc(-c4cccc5cc6cccc(-c7cccc(-c8ccc(-c9ccccc9)s8)c7)c6cc45)c3)s2)cc1. The van der Waals surface area contributed by atoms with E-state index < -0.39 is 0 Å². The molecule has 9 aromatic rings. The molecule has 0 N–H and O–H groups in total. The number of thiophene rings is 2. The zero-order chi connectivity index (χ0) is 31.9. The van der Waals surface area contributed by atoms with Gasteiger partial charge in [0.1, 0.15) is 0 Å². The summed E-state index contributed by atoms with van der Waals surface area (Å²) in [6.07, 6.45) is 0. The highest BCUT2D eigenvalue weighted by Gasteiger charge is 2.13. The maximum Gasteiger partial charge on any atom is 0.0349 e. The van der Waals surface area contributed by atoms with Crippen LogP contribution in [-0.2, 0) is 0 Å². The van der Waals surface area contributed by atoms with Crippen molar-refractivity contribution in [3.8, 4) is 64.0 Å². The normalized spacial score (nSPS) is 11.3. The van der Waals surface area contributed by atoms with E-state index in [0.717, 1.165) is 0 Å². The van der Waals surface area contributed by atoms with E-state index in [1.807, 2.05) is 22.7 Å². The summed E-state index contributed by atoms with van der Waals surface area (Å²) < 4.78 is 0. The van der Waals surface area contributed by atoms with E-state index in [1.165, 1.54) is 85.6 Å². The van der Waals surface area contributed by atoms with Gasteiger partial charge in [-0.15, -0.1) is 22.7 Å². The van der Waals surface area contributed by atoms with Gasteiger partial charge in [-0.2, -0.15) is 0 Å².